The van der Waals surface area contributed by atoms with Gasteiger partial charge < -0.3 is 26.7 Å². The van der Waals surface area contributed by atoms with Gasteiger partial charge in [-0.15, -0.1) is 0 Å². The van der Waals surface area contributed by atoms with Gasteiger partial charge in [0.15, 0.2) is 0 Å². The van der Waals surface area contributed by atoms with Crippen molar-refractivity contribution in [1.29, 1.82) is 0 Å². The van der Waals surface area contributed by atoms with Crippen molar-refractivity contribution < 1.29 is 0 Å². The SMILES string of the molecule is Cl[Si-](Cl)(c1ccccc1)c1ccc(-n2c3ccccc3c3ccccc32)cc1. The number of benzene rings is 4. The summed E-state index contributed by atoms with van der Waals surface area (Å²) >= 11 is 13.7. The first-order valence-corrected chi connectivity index (χ1v) is 13.2. The lowest BCUT2D eigenvalue weighted by Gasteiger charge is -2.32. The highest BCUT2D eigenvalue weighted by molar-refractivity contribution is 7.56. The molecule has 0 bridgehead atoms. The first kappa shape index (κ1) is 17.6. The van der Waals surface area contributed by atoms with E-state index < -0.39 is 6.69 Å². The molecule has 28 heavy (non-hydrogen) atoms. The van der Waals surface area contributed by atoms with Gasteiger partial charge in [-0.2, -0.15) is 10.4 Å². The number of halogens is 2. The maximum Gasteiger partial charge on any atom is 0.0921 e. The Kier molecular flexibility index (Phi) is 4.28. The largest absolute Gasteiger partial charge is 0.325 e. The molecule has 0 spiro atoms. The van der Waals surface area contributed by atoms with Gasteiger partial charge in [0.1, 0.15) is 0 Å². The lowest BCUT2D eigenvalue weighted by molar-refractivity contribution is 1.18. The maximum atomic E-state index is 6.85. The van der Waals surface area contributed by atoms with Gasteiger partial charge in [-0.05, 0) is 24.3 Å². The van der Waals surface area contributed by atoms with E-state index in [1.807, 2.05) is 30.3 Å². The summed E-state index contributed by atoms with van der Waals surface area (Å²) < 4.78 is 2.29. The molecule has 0 amide bonds. The molecule has 0 radical (unpaired) electrons. The van der Waals surface area contributed by atoms with Gasteiger partial charge in [-0.3, -0.25) is 0 Å². The summed E-state index contributed by atoms with van der Waals surface area (Å²) in [5.41, 5.74) is 3.49. The quantitative estimate of drug-likeness (QED) is 0.257. The summed E-state index contributed by atoms with van der Waals surface area (Å²) in [5, 5.41) is 4.50. The number of para-hydroxylation sites is 2. The van der Waals surface area contributed by atoms with Crippen LogP contribution in [0, 0.1) is 0 Å². The van der Waals surface area contributed by atoms with Crippen LogP contribution >= 0.6 is 22.2 Å². The average molecular weight is 418 g/mol. The normalized spacial score (nSPS) is 11.9. The van der Waals surface area contributed by atoms with E-state index in [2.05, 4.69) is 77.4 Å². The molecule has 4 heteroatoms. The van der Waals surface area contributed by atoms with Crippen LogP contribution in [-0.2, 0) is 0 Å². The molecule has 0 saturated carbocycles. The van der Waals surface area contributed by atoms with Gasteiger partial charge in [0.05, 0.1) is 17.7 Å². The number of rotatable bonds is 3. The fourth-order valence-electron chi connectivity index (χ4n) is 3.83. The third kappa shape index (κ3) is 2.77. The molecular formula is C24H17Cl2NSi-. The molecule has 1 aromatic heterocycles. The summed E-state index contributed by atoms with van der Waals surface area (Å²) in [6.45, 7) is -2.74. The lowest BCUT2D eigenvalue weighted by atomic mass is 10.2. The van der Waals surface area contributed by atoms with Crippen molar-refractivity contribution in [1.82, 2.24) is 4.57 Å². The fraction of sp³-hybridized carbons (Fsp3) is 0. The highest BCUT2D eigenvalue weighted by atomic mass is 35.7. The Morgan fingerprint density at radius 3 is 1.54 bits per heavy atom. The Morgan fingerprint density at radius 2 is 0.964 bits per heavy atom. The van der Waals surface area contributed by atoms with Gasteiger partial charge in [0, 0.05) is 16.5 Å². The Labute approximate surface area is 174 Å². The second-order valence-corrected chi connectivity index (χ2v) is 13.1. The van der Waals surface area contributed by atoms with Crippen LogP contribution in [0.15, 0.2) is 103 Å². The first-order chi connectivity index (χ1) is 13.7. The van der Waals surface area contributed by atoms with Crippen molar-refractivity contribution in [2.45, 2.75) is 0 Å². The van der Waals surface area contributed by atoms with Crippen molar-refractivity contribution in [3.8, 4) is 5.69 Å². The molecule has 137 valence electrons. The molecular weight excluding hydrogens is 401 g/mol. The molecule has 0 aliphatic rings. The van der Waals surface area contributed by atoms with Crippen LogP contribution < -0.4 is 10.4 Å². The van der Waals surface area contributed by atoms with Crippen LogP contribution in [0.3, 0.4) is 0 Å². The minimum Gasteiger partial charge on any atom is -0.325 e. The van der Waals surface area contributed by atoms with E-state index in [1.165, 1.54) is 21.8 Å². The van der Waals surface area contributed by atoms with Gasteiger partial charge in [0.25, 0.3) is 0 Å². The molecule has 0 saturated heterocycles. The van der Waals surface area contributed by atoms with E-state index in [4.69, 9.17) is 22.2 Å². The standard InChI is InChI=1S/C24H17Cl2NSi/c25-28(26,19-8-2-1-3-9-19)20-16-14-18(15-17-20)27-23-12-6-4-10-21(23)22-11-5-7-13-24(22)27/h1-17H/q-1. The Bertz CT molecular complexity index is 1220. The monoisotopic (exact) mass is 417 g/mol. The third-order valence-electron chi connectivity index (χ3n) is 5.20. The van der Waals surface area contributed by atoms with Gasteiger partial charge in [-0.1, -0.05) is 78.9 Å². The molecule has 0 aliphatic carbocycles. The van der Waals surface area contributed by atoms with E-state index in [1.54, 1.807) is 0 Å². The second kappa shape index (κ2) is 6.82. The van der Waals surface area contributed by atoms with Crippen molar-refractivity contribution >= 4 is 61.0 Å². The molecule has 1 heterocycles. The van der Waals surface area contributed by atoms with Crippen molar-refractivity contribution in [2.24, 2.45) is 0 Å². The first-order valence-electron chi connectivity index (χ1n) is 9.19. The predicted octanol–water partition coefficient (Wildman–Crippen LogP) is 5.82. The zero-order valence-electron chi connectivity index (χ0n) is 15.0. The highest BCUT2D eigenvalue weighted by Crippen LogP contribution is 2.31. The number of aromatic nitrogens is 1. The van der Waals surface area contributed by atoms with Crippen LogP contribution in [0.4, 0.5) is 0 Å². The summed E-state index contributed by atoms with van der Waals surface area (Å²) in [6.07, 6.45) is 0. The molecule has 0 unspecified atom stereocenters. The van der Waals surface area contributed by atoms with Gasteiger partial charge in [-0.25, -0.2) is 0 Å². The molecule has 0 fully saturated rings. The zero-order valence-corrected chi connectivity index (χ0v) is 17.5. The van der Waals surface area contributed by atoms with Gasteiger partial charge >= 0.3 is 0 Å². The van der Waals surface area contributed by atoms with E-state index in [0.29, 0.717) is 0 Å². The topological polar surface area (TPSA) is 4.93 Å². The van der Waals surface area contributed by atoms with Crippen LogP contribution in [0.25, 0.3) is 27.5 Å². The van der Waals surface area contributed by atoms with Crippen molar-refractivity contribution in [3.63, 3.8) is 0 Å². The molecule has 0 aliphatic heterocycles. The van der Waals surface area contributed by atoms with Crippen LogP contribution in [0.5, 0.6) is 0 Å². The van der Waals surface area contributed by atoms with Crippen LogP contribution in [0.2, 0.25) is 0 Å². The lowest BCUT2D eigenvalue weighted by Crippen LogP contribution is -2.48. The van der Waals surface area contributed by atoms with E-state index in [-0.39, 0.29) is 0 Å². The Hall–Kier alpha value is -2.52. The summed E-state index contributed by atoms with van der Waals surface area (Å²) in [5.74, 6) is 0. The van der Waals surface area contributed by atoms with E-state index >= 15 is 0 Å². The number of nitrogens with zero attached hydrogens (tertiary/aromatic N) is 1. The molecule has 5 rings (SSSR count). The van der Waals surface area contributed by atoms with Crippen molar-refractivity contribution in [2.75, 3.05) is 0 Å². The summed E-state index contributed by atoms with van der Waals surface area (Å²) in [4.78, 5) is 0. The highest BCUT2D eigenvalue weighted by Gasteiger charge is 2.18. The molecule has 1 nitrogen and oxygen atoms in total. The fourth-order valence-corrected chi connectivity index (χ4v) is 6.88. The average Bonchev–Trinajstić information content (AvgIpc) is 3.09. The van der Waals surface area contributed by atoms with Crippen LogP contribution in [0.1, 0.15) is 0 Å². The molecule has 0 atom stereocenters. The van der Waals surface area contributed by atoms with Crippen molar-refractivity contribution in [3.05, 3.63) is 103 Å². The van der Waals surface area contributed by atoms with E-state index in [9.17, 15) is 0 Å². The summed E-state index contributed by atoms with van der Waals surface area (Å²) in [6, 6.07) is 35.3. The Balaban J connectivity index is 1.66. The number of hydrogen-bond donors (Lipinski definition) is 0. The van der Waals surface area contributed by atoms with Gasteiger partial charge in [0.2, 0.25) is 0 Å². The smallest absolute Gasteiger partial charge is 0.0921 e. The second-order valence-electron chi connectivity index (χ2n) is 6.86. The third-order valence-corrected chi connectivity index (χ3v) is 9.94. The zero-order chi connectivity index (χ0) is 19.1. The molecule has 4 aromatic carbocycles. The molecule has 5 aromatic rings. The van der Waals surface area contributed by atoms with Crippen LogP contribution in [-0.4, -0.2) is 11.3 Å². The predicted molar refractivity (Wildman–Crippen MR) is 124 cm³/mol. The minimum absolute atomic E-state index is 0.992. The number of hydrogen-bond acceptors (Lipinski definition) is 0. The Morgan fingerprint density at radius 1 is 0.500 bits per heavy atom. The molecule has 0 N–H and O–H groups in total. The summed E-state index contributed by atoms with van der Waals surface area (Å²) in [7, 11) is 0. The number of fused-ring (bicyclic) bond motifs is 3. The minimum atomic E-state index is -2.74. The maximum absolute atomic E-state index is 6.85. The van der Waals surface area contributed by atoms with E-state index in [0.717, 1.165) is 16.1 Å².